The van der Waals surface area contributed by atoms with E-state index in [9.17, 15) is 22.4 Å². The van der Waals surface area contributed by atoms with E-state index in [1.807, 2.05) is 0 Å². The number of halogens is 4. The Labute approximate surface area is 105 Å². The van der Waals surface area contributed by atoms with E-state index >= 15 is 0 Å². The van der Waals surface area contributed by atoms with Gasteiger partial charge in [-0.2, -0.15) is 13.2 Å². The number of amides is 1. The molecule has 0 aliphatic carbocycles. The van der Waals surface area contributed by atoms with Crippen molar-refractivity contribution in [2.45, 2.75) is 5.51 Å². The van der Waals surface area contributed by atoms with E-state index in [0.29, 0.717) is 0 Å². The fraction of sp³-hybridized carbons (Fsp3) is 0.300. The van der Waals surface area contributed by atoms with Crippen molar-refractivity contribution < 1.29 is 22.4 Å². The zero-order valence-corrected chi connectivity index (χ0v) is 9.87. The summed E-state index contributed by atoms with van der Waals surface area (Å²) in [7, 11) is 0. The highest BCUT2D eigenvalue weighted by atomic mass is 32.2. The third-order valence-electron chi connectivity index (χ3n) is 1.89. The van der Waals surface area contributed by atoms with Crippen LogP contribution >= 0.6 is 11.8 Å². The molecule has 0 heterocycles. The first-order valence-electron chi connectivity index (χ1n) is 4.83. The third kappa shape index (κ3) is 4.82. The van der Waals surface area contributed by atoms with Crippen LogP contribution in [0.4, 0.5) is 23.2 Å². The standard InChI is InChI=1S/C10H10F4N2OS/c11-8-2-1-6(15)5-7(8)9(17)16-3-4-18-10(12,13)14/h1-2,5H,3-4,15H2,(H,16,17). The SMILES string of the molecule is Nc1ccc(F)c(C(=O)NCCSC(F)(F)F)c1. The Bertz CT molecular complexity index is 436. The van der Waals surface area contributed by atoms with Gasteiger partial charge in [0.15, 0.2) is 0 Å². The topological polar surface area (TPSA) is 55.1 Å². The summed E-state index contributed by atoms with van der Waals surface area (Å²) >= 11 is -0.255. The summed E-state index contributed by atoms with van der Waals surface area (Å²) in [5.41, 5.74) is 0.953. The highest BCUT2D eigenvalue weighted by Crippen LogP contribution is 2.29. The minimum Gasteiger partial charge on any atom is -0.399 e. The lowest BCUT2D eigenvalue weighted by Crippen LogP contribution is -2.27. The van der Waals surface area contributed by atoms with Crippen LogP contribution in [-0.4, -0.2) is 23.7 Å². The molecule has 0 spiro atoms. The fourth-order valence-electron chi connectivity index (χ4n) is 1.14. The number of benzene rings is 1. The number of hydrogen-bond donors (Lipinski definition) is 2. The van der Waals surface area contributed by atoms with Crippen molar-refractivity contribution in [2.75, 3.05) is 18.0 Å². The Balaban J connectivity index is 2.48. The molecule has 0 fully saturated rings. The van der Waals surface area contributed by atoms with E-state index in [4.69, 9.17) is 5.73 Å². The van der Waals surface area contributed by atoms with E-state index in [1.165, 1.54) is 6.07 Å². The van der Waals surface area contributed by atoms with Crippen LogP contribution in [0.5, 0.6) is 0 Å². The van der Waals surface area contributed by atoms with Gasteiger partial charge in [0.1, 0.15) is 5.82 Å². The van der Waals surface area contributed by atoms with Gasteiger partial charge in [0.05, 0.1) is 5.56 Å². The van der Waals surface area contributed by atoms with E-state index < -0.39 is 17.2 Å². The smallest absolute Gasteiger partial charge is 0.399 e. The minimum absolute atomic E-state index is 0.200. The molecule has 0 radical (unpaired) electrons. The molecule has 8 heteroatoms. The quantitative estimate of drug-likeness (QED) is 0.506. The Morgan fingerprint density at radius 3 is 2.67 bits per heavy atom. The molecule has 18 heavy (non-hydrogen) atoms. The first kappa shape index (κ1) is 14.6. The second-order valence-electron chi connectivity index (χ2n) is 3.29. The molecule has 100 valence electrons. The second-order valence-corrected chi connectivity index (χ2v) is 4.45. The molecule has 1 aromatic rings. The minimum atomic E-state index is -4.34. The van der Waals surface area contributed by atoms with Gasteiger partial charge in [-0.25, -0.2) is 4.39 Å². The second kappa shape index (κ2) is 5.94. The Kier molecular flexibility index (Phi) is 4.83. The van der Waals surface area contributed by atoms with Gasteiger partial charge in [0.25, 0.3) is 5.91 Å². The van der Waals surface area contributed by atoms with Crippen LogP contribution in [0.1, 0.15) is 10.4 Å². The predicted octanol–water partition coefficient (Wildman–Crippen LogP) is 2.39. The van der Waals surface area contributed by atoms with Crippen molar-refractivity contribution in [3.63, 3.8) is 0 Å². The number of carbonyl (C=O) groups is 1. The highest BCUT2D eigenvalue weighted by molar-refractivity contribution is 8.00. The van der Waals surface area contributed by atoms with Gasteiger partial charge in [-0.3, -0.25) is 4.79 Å². The largest absolute Gasteiger partial charge is 0.441 e. The molecule has 1 aromatic carbocycles. The monoisotopic (exact) mass is 282 g/mol. The van der Waals surface area contributed by atoms with Crippen LogP contribution in [0.2, 0.25) is 0 Å². The molecule has 0 atom stereocenters. The molecule has 1 amide bonds. The average molecular weight is 282 g/mol. The summed E-state index contributed by atoms with van der Waals surface area (Å²) in [6, 6.07) is 3.43. The lowest BCUT2D eigenvalue weighted by molar-refractivity contribution is -0.0327. The van der Waals surface area contributed by atoms with E-state index in [0.717, 1.165) is 12.1 Å². The molecule has 0 saturated carbocycles. The van der Waals surface area contributed by atoms with Gasteiger partial charge in [-0.1, -0.05) is 0 Å². The van der Waals surface area contributed by atoms with Crippen molar-refractivity contribution in [2.24, 2.45) is 0 Å². The fourth-order valence-corrected chi connectivity index (χ4v) is 1.58. The van der Waals surface area contributed by atoms with Crippen LogP contribution in [0.15, 0.2) is 18.2 Å². The molecular formula is C10H10F4N2OS. The van der Waals surface area contributed by atoms with Crippen molar-refractivity contribution in [3.05, 3.63) is 29.6 Å². The Morgan fingerprint density at radius 1 is 1.39 bits per heavy atom. The molecule has 0 aliphatic heterocycles. The molecule has 3 nitrogen and oxygen atoms in total. The first-order chi connectivity index (χ1) is 8.29. The van der Waals surface area contributed by atoms with Gasteiger partial charge < -0.3 is 11.1 Å². The number of alkyl halides is 3. The summed E-state index contributed by atoms with van der Waals surface area (Å²) in [4.78, 5) is 11.4. The molecule has 0 aliphatic rings. The highest BCUT2D eigenvalue weighted by Gasteiger charge is 2.27. The van der Waals surface area contributed by atoms with Crippen LogP contribution in [0, 0.1) is 5.82 Å². The van der Waals surface area contributed by atoms with Crippen molar-refractivity contribution in [1.29, 1.82) is 0 Å². The maximum absolute atomic E-state index is 13.2. The third-order valence-corrected chi connectivity index (χ3v) is 2.62. The van der Waals surface area contributed by atoms with Crippen LogP contribution in [0.3, 0.4) is 0 Å². The van der Waals surface area contributed by atoms with Gasteiger partial charge in [-0.15, -0.1) is 0 Å². The van der Waals surface area contributed by atoms with Crippen LogP contribution in [0.25, 0.3) is 0 Å². The first-order valence-corrected chi connectivity index (χ1v) is 5.82. The van der Waals surface area contributed by atoms with E-state index in [2.05, 4.69) is 5.32 Å². The van der Waals surface area contributed by atoms with Gasteiger partial charge >= 0.3 is 5.51 Å². The zero-order chi connectivity index (χ0) is 13.8. The normalized spacial score (nSPS) is 11.3. The summed E-state index contributed by atoms with van der Waals surface area (Å²) in [6.07, 6.45) is 0. The summed E-state index contributed by atoms with van der Waals surface area (Å²) < 4.78 is 48.6. The molecule has 3 N–H and O–H groups in total. The molecule has 0 saturated heterocycles. The van der Waals surface area contributed by atoms with Crippen LogP contribution in [-0.2, 0) is 0 Å². The van der Waals surface area contributed by atoms with E-state index in [1.54, 1.807) is 0 Å². The maximum Gasteiger partial charge on any atom is 0.441 e. The number of anilines is 1. The number of nitrogen functional groups attached to an aromatic ring is 1. The predicted molar refractivity (Wildman–Crippen MR) is 61.7 cm³/mol. The number of rotatable bonds is 4. The lowest BCUT2D eigenvalue weighted by atomic mass is 10.2. The number of nitrogens with one attached hydrogen (secondary N) is 1. The Hall–Kier alpha value is -1.44. The number of nitrogens with two attached hydrogens (primary N) is 1. The Morgan fingerprint density at radius 2 is 2.06 bits per heavy atom. The van der Waals surface area contributed by atoms with Crippen molar-refractivity contribution >= 4 is 23.4 Å². The van der Waals surface area contributed by atoms with Crippen molar-refractivity contribution in [3.8, 4) is 0 Å². The molecule has 0 aromatic heterocycles. The summed E-state index contributed by atoms with van der Waals surface area (Å²) in [6.45, 7) is -0.211. The van der Waals surface area contributed by atoms with Gasteiger partial charge in [-0.05, 0) is 30.0 Å². The van der Waals surface area contributed by atoms with Gasteiger partial charge in [0.2, 0.25) is 0 Å². The van der Waals surface area contributed by atoms with E-state index in [-0.39, 0.29) is 35.3 Å². The summed E-state index contributed by atoms with van der Waals surface area (Å²) in [5, 5.41) is 2.18. The number of hydrogen-bond acceptors (Lipinski definition) is 3. The molecule has 0 unspecified atom stereocenters. The van der Waals surface area contributed by atoms with Gasteiger partial charge in [0, 0.05) is 18.0 Å². The average Bonchev–Trinajstić information content (AvgIpc) is 2.26. The lowest BCUT2D eigenvalue weighted by Gasteiger charge is -2.08. The molecule has 1 rings (SSSR count). The summed E-state index contributed by atoms with van der Waals surface area (Å²) in [5.74, 6) is -1.90. The molecular weight excluding hydrogens is 272 g/mol. The zero-order valence-electron chi connectivity index (χ0n) is 9.05. The molecule has 0 bridgehead atoms. The van der Waals surface area contributed by atoms with Crippen molar-refractivity contribution in [1.82, 2.24) is 5.32 Å². The number of carbonyl (C=O) groups excluding carboxylic acids is 1. The maximum atomic E-state index is 13.2. The number of thioether (sulfide) groups is 1. The van der Waals surface area contributed by atoms with Crippen LogP contribution < -0.4 is 11.1 Å².